The summed E-state index contributed by atoms with van der Waals surface area (Å²) in [5.41, 5.74) is 9.74. The van der Waals surface area contributed by atoms with Crippen LogP contribution in [0.3, 0.4) is 0 Å². The SMILES string of the molecule is c1ccc(-c2cccc(N(c3cccc(-c4oc5ccccc5c4-c4ccccc4)c3)c3ccc4c(ccc5ccccc54)c3)c2)cc1. The molecule has 0 saturated carbocycles. The van der Waals surface area contributed by atoms with Crippen molar-refractivity contribution in [3.05, 3.63) is 188 Å². The van der Waals surface area contributed by atoms with Crippen molar-refractivity contribution in [2.45, 2.75) is 0 Å². The van der Waals surface area contributed by atoms with Gasteiger partial charge in [0.15, 0.2) is 0 Å². The van der Waals surface area contributed by atoms with Crippen LogP contribution in [0.1, 0.15) is 0 Å². The van der Waals surface area contributed by atoms with Gasteiger partial charge in [-0.05, 0) is 80.7 Å². The third-order valence-electron chi connectivity index (χ3n) is 9.22. The normalized spacial score (nSPS) is 11.3. The molecule has 0 unspecified atom stereocenters. The van der Waals surface area contributed by atoms with E-state index in [1.807, 2.05) is 6.07 Å². The minimum Gasteiger partial charge on any atom is -0.455 e. The Bertz CT molecular complexity index is 2560. The van der Waals surface area contributed by atoms with Crippen molar-refractivity contribution in [2.75, 3.05) is 4.90 Å². The summed E-state index contributed by atoms with van der Waals surface area (Å²) in [6.07, 6.45) is 0. The van der Waals surface area contributed by atoms with E-state index in [4.69, 9.17) is 4.42 Å². The molecule has 0 bridgehead atoms. The maximum absolute atomic E-state index is 6.64. The summed E-state index contributed by atoms with van der Waals surface area (Å²) < 4.78 is 6.64. The van der Waals surface area contributed by atoms with Gasteiger partial charge in [-0.1, -0.05) is 146 Å². The highest BCUT2D eigenvalue weighted by molar-refractivity contribution is 6.09. The number of hydrogen-bond acceptors (Lipinski definition) is 2. The van der Waals surface area contributed by atoms with Gasteiger partial charge in [-0.25, -0.2) is 0 Å². The fourth-order valence-electron chi connectivity index (χ4n) is 6.97. The number of benzene rings is 8. The van der Waals surface area contributed by atoms with Crippen molar-refractivity contribution >= 4 is 49.6 Å². The van der Waals surface area contributed by atoms with Crippen LogP contribution in [0.5, 0.6) is 0 Å². The molecule has 0 amide bonds. The highest BCUT2D eigenvalue weighted by Gasteiger charge is 2.20. The zero-order valence-electron chi connectivity index (χ0n) is 26.3. The summed E-state index contributed by atoms with van der Waals surface area (Å²) in [6, 6.07) is 66.8. The van der Waals surface area contributed by atoms with E-state index >= 15 is 0 Å². The fourth-order valence-corrected chi connectivity index (χ4v) is 6.97. The van der Waals surface area contributed by atoms with Gasteiger partial charge in [0.05, 0.1) is 0 Å². The monoisotopic (exact) mass is 613 g/mol. The predicted octanol–water partition coefficient (Wildman–Crippen LogP) is 13.2. The van der Waals surface area contributed by atoms with E-state index in [2.05, 4.69) is 187 Å². The Morgan fingerprint density at radius 2 is 0.896 bits per heavy atom. The smallest absolute Gasteiger partial charge is 0.143 e. The van der Waals surface area contributed by atoms with Crippen molar-refractivity contribution in [3.8, 4) is 33.6 Å². The maximum Gasteiger partial charge on any atom is 0.143 e. The minimum absolute atomic E-state index is 0.868. The molecule has 2 nitrogen and oxygen atoms in total. The van der Waals surface area contributed by atoms with E-state index < -0.39 is 0 Å². The highest BCUT2D eigenvalue weighted by atomic mass is 16.3. The second-order valence-electron chi connectivity index (χ2n) is 12.2. The second-order valence-corrected chi connectivity index (χ2v) is 12.2. The average molecular weight is 614 g/mol. The van der Waals surface area contributed by atoms with Crippen LogP contribution in [0.15, 0.2) is 192 Å². The Morgan fingerprint density at radius 1 is 0.333 bits per heavy atom. The molecule has 0 aliphatic carbocycles. The number of anilines is 3. The Kier molecular flexibility index (Phi) is 6.84. The standard InChI is InChI=1S/C46H31NO/c1-3-13-32(14-4-1)35-18-11-20-38(29-35)47(40-27-28-42-36(30-40)26-25-33-15-7-8-22-41(33)42)39-21-12-19-37(31-39)46-45(34-16-5-2-6-17-34)43-23-9-10-24-44(43)48-46/h1-31H. The second kappa shape index (κ2) is 11.8. The summed E-state index contributed by atoms with van der Waals surface area (Å²) in [5.74, 6) is 0.868. The average Bonchev–Trinajstić information content (AvgIpc) is 3.56. The molecule has 48 heavy (non-hydrogen) atoms. The van der Waals surface area contributed by atoms with Gasteiger partial charge in [0.25, 0.3) is 0 Å². The maximum atomic E-state index is 6.64. The molecule has 0 spiro atoms. The molecule has 1 aromatic heterocycles. The molecule has 9 rings (SSSR count). The van der Waals surface area contributed by atoms with Gasteiger partial charge in [0.1, 0.15) is 11.3 Å². The number of nitrogens with zero attached hydrogens (tertiary/aromatic N) is 1. The Labute approximate surface area is 279 Å². The first-order valence-electron chi connectivity index (χ1n) is 16.3. The van der Waals surface area contributed by atoms with E-state index in [-0.39, 0.29) is 0 Å². The van der Waals surface area contributed by atoms with Crippen molar-refractivity contribution in [1.82, 2.24) is 0 Å². The molecule has 8 aromatic carbocycles. The van der Waals surface area contributed by atoms with E-state index in [1.165, 1.54) is 32.7 Å². The molecule has 0 saturated heterocycles. The lowest BCUT2D eigenvalue weighted by Gasteiger charge is -2.27. The number of hydrogen-bond donors (Lipinski definition) is 0. The molecule has 2 heteroatoms. The van der Waals surface area contributed by atoms with Crippen LogP contribution in [-0.4, -0.2) is 0 Å². The van der Waals surface area contributed by atoms with E-state index in [1.54, 1.807) is 0 Å². The lowest BCUT2D eigenvalue weighted by molar-refractivity contribution is 0.632. The van der Waals surface area contributed by atoms with Crippen LogP contribution in [0.2, 0.25) is 0 Å². The van der Waals surface area contributed by atoms with Crippen molar-refractivity contribution in [2.24, 2.45) is 0 Å². The summed E-state index contributed by atoms with van der Waals surface area (Å²) in [4.78, 5) is 2.36. The quantitative estimate of drug-likeness (QED) is 0.174. The van der Waals surface area contributed by atoms with Crippen LogP contribution in [0.4, 0.5) is 17.1 Å². The van der Waals surface area contributed by atoms with Gasteiger partial charge in [0, 0.05) is 33.6 Å². The lowest BCUT2D eigenvalue weighted by Crippen LogP contribution is -2.10. The number of rotatable bonds is 6. The molecule has 0 fully saturated rings. The molecule has 226 valence electrons. The molecule has 0 N–H and O–H groups in total. The van der Waals surface area contributed by atoms with Crippen LogP contribution in [0, 0.1) is 0 Å². The Hall–Kier alpha value is -6.38. The molecular formula is C46H31NO. The van der Waals surface area contributed by atoms with Crippen LogP contribution in [0.25, 0.3) is 66.1 Å². The van der Waals surface area contributed by atoms with Crippen LogP contribution >= 0.6 is 0 Å². The number of fused-ring (bicyclic) bond motifs is 4. The summed E-state index contributed by atoms with van der Waals surface area (Å²) in [7, 11) is 0. The number of para-hydroxylation sites is 1. The van der Waals surface area contributed by atoms with Gasteiger partial charge in [0.2, 0.25) is 0 Å². The minimum atomic E-state index is 0.868. The Balaban J connectivity index is 1.24. The fraction of sp³-hybridized carbons (Fsp3) is 0. The first-order chi connectivity index (χ1) is 23.8. The zero-order valence-corrected chi connectivity index (χ0v) is 26.3. The molecule has 1 heterocycles. The van der Waals surface area contributed by atoms with Gasteiger partial charge in [-0.3, -0.25) is 0 Å². The van der Waals surface area contributed by atoms with Crippen molar-refractivity contribution in [3.63, 3.8) is 0 Å². The third-order valence-corrected chi connectivity index (χ3v) is 9.22. The number of furan rings is 1. The van der Waals surface area contributed by atoms with Crippen molar-refractivity contribution in [1.29, 1.82) is 0 Å². The molecule has 0 aliphatic rings. The van der Waals surface area contributed by atoms with E-state index in [0.29, 0.717) is 0 Å². The first kappa shape index (κ1) is 27.9. The predicted molar refractivity (Wildman–Crippen MR) is 202 cm³/mol. The lowest BCUT2D eigenvalue weighted by atomic mass is 9.98. The van der Waals surface area contributed by atoms with Gasteiger partial charge in [-0.2, -0.15) is 0 Å². The largest absolute Gasteiger partial charge is 0.455 e. The molecule has 9 aromatic rings. The zero-order chi connectivity index (χ0) is 31.9. The summed E-state index contributed by atoms with van der Waals surface area (Å²) in [5, 5.41) is 6.07. The van der Waals surface area contributed by atoms with E-state index in [9.17, 15) is 0 Å². The molecule has 0 atom stereocenters. The van der Waals surface area contributed by atoms with E-state index in [0.717, 1.165) is 50.5 Å². The highest BCUT2D eigenvalue weighted by Crippen LogP contribution is 2.44. The third kappa shape index (κ3) is 4.92. The topological polar surface area (TPSA) is 16.4 Å². The molecule has 0 aliphatic heterocycles. The van der Waals surface area contributed by atoms with Crippen LogP contribution in [-0.2, 0) is 0 Å². The van der Waals surface area contributed by atoms with Gasteiger partial charge in [-0.15, -0.1) is 0 Å². The van der Waals surface area contributed by atoms with Crippen LogP contribution < -0.4 is 4.90 Å². The van der Waals surface area contributed by atoms with Gasteiger partial charge < -0.3 is 9.32 Å². The van der Waals surface area contributed by atoms with Crippen molar-refractivity contribution < 1.29 is 4.42 Å². The first-order valence-corrected chi connectivity index (χ1v) is 16.3. The summed E-state index contributed by atoms with van der Waals surface area (Å²) >= 11 is 0. The summed E-state index contributed by atoms with van der Waals surface area (Å²) in [6.45, 7) is 0. The van der Waals surface area contributed by atoms with Gasteiger partial charge >= 0.3 is 0 Å². The molecular weight excluding hydrogens is 583 g/mol. The molecule has 0 radical (unpaired) electrons. The Morgan fingerprint density at radius 3 is 1.69 bits per heavy atom.